The topological polar surface area (TPSA) is 12.0 Å². The minimum absolute atomic E-state index is 0.819. The van der Waals surface area contributed by atoms with Crippen molar-refractivity contribution < 1.29 is 0 Å². The standard InChI is InChI=1S/C8H9N/c1-2-4-6-5-3(1)8(2,6)9-7(4)5/h2-7,9H,1H2/t2-,3?,4?,5?,6?,7?,8?/m0/s1. The van der Waals surface area contributed by atoms with Crippen LogP contribution in [0.15, 0.2) is 0 Å². The van der Waals surface area contributed by atoms with E-state index in [9.17, 15) is 0 Å². The second-order valence-electron chi connectivity index (χ2n) is 4.73. The summed E-state index contributed by atoms with van der Waals surface area (Å²) in [5, 5.41) is 3.81. The van der Waals surface area contributed by atoms with Crippen molar-refractivity contribution in [1.29, 1.82) is 0 Å². The summed E-state index contributed by atoms with van der Waals surface area (Å²) < 4.78 is 0. The largest absolute Gasteiger partial charge is 0.307 e. The maximum Gasteiger partial charge on any atom is 0.0282 e. The maximum atomic E-state index is 3.81. The third-order valence-electron chi connectivity index (χ3n) is 5.29. The average molecular weight is 119 g/mol. The summed E-state index contributed by atoms with van der Waals surface area (Å²) in [6, 6.07) is 1.04. The van der Waals surface area contributed by atoms with Gasteiger partial charge in [-0.15, -0.1) is 0 Å². The molecule has 4 heterocycles. The normalized spacial score (nSPS) is 98.7. The number of hydrogen-bond acceptors (Lipinski definition) is 1. The van der Waals surface area contributed by atoms with Gasteiger partial charge in [0.25, 0.3) is 0 Å². The fourth-order valence-corrected chi connectivity index (χ4v) is 5.23. The highest BCUT2D eigenvalue weighted by molar-refractivity contribution is 5.50. The van der Waals surface area contributed by atoms with Gasteiger partial charge in [0.05, 0.1) is 0 Å². The van der Waals surface area contributed by atoms with E-state index in [-0.39, 0.29) is 0 Å². The van der Waals surface area contributed by atoms with Crippen LogP contribution in [0.4, 0.5) is 0 Å². The Balaban J connectivity index is 2.02. The lowest BCUT2D eigenvalue weighted by molar-refractivity contribution is -0.319. The maximum absolute atomic E-state index is 3.81. The molecule has 1 nitrogen and oxygen atoms in total. The van der Waals surface area contributed by atoms with Crippen molar-refractivity contribution in [2.24, 2.45) is 29.6 Å². The fraction of sp³-hybridized carbons (Fsp3) is 1.00. The van der Waals surface area contributed by atoms with Gasteiger partial charge in [-0.3, -0.25) is 0 Å². The SMILES string of the molecule is C1C2C3C4NC25C3C4[C@H]15. The molecule has 4 saturated heterocycles. The van der Waals surface area contributed by atoms with E-state index < -0.39 is 0 Å². The zero-order chi connectivity index (χ0) is 5.38. The third-order valence-corrected chi connectivity index (χ3v) is 5.29. The molecule has 0 aromatic rings. The Labute approximate surface area is 53.8 Å². The molecule has 4 aliphatic heterocycles. The first-order valence-corrected chi connectivity index (χ1v) is 4.22. The first-order valence-electron chi connectivity index (χ1n) is 4.22. The molecule has 46 valence electrons. The second kappa shape index (κ2) is 0.572. The molecule has 4 aliphatic carbocycles. The predicted molar refractivity (Wildman–Crippen MR) is 31.7 cm³/mol. The zero-order valence-electron chi connectivity index (χ0n) is 5.17. The van der Waals surface area contributed by atoms with Gasteiger partial charge in [-0.1, -0.05) is 0 Å². The van der Waals surface area contributed by atoms with Crippen LogP contribution >= 0.6 is 0 Å². The summed E-state index contributed by atoms with van der Waals surface area (Å²) in [5.41, 5.74) is 0.819. The van der Waals surface area contributed by atoms with Crippen molar-refractivity contribution in [3.05, 3.63) is 0 Å². The molecule has 7 atom stereocenters. The van der Waals surface area contributed by atoms with Crippen LogP contribution in [-0.4, -0.2) is 11.6 Å². The van der Waals surface area contributed by atoms with Gasteiger partial charge in [-0.2, -0.15) is 0 Å². The minimum Gasteiger partial charge on any atom is -0.307 e. The van der Waals surface area contributed by atoms with E-state index in [4.69, 9.17) is 0 Å². The summed E-state index contributed by atoms with van der Waals surface area (Å²) in [7, 11) is 0. The first-order chi connectivity index (χ1) is 4.44. The molecule has 8 fully saturated rings. The lowest BCUT2D eigenvalue weighted by Gasteiger charge is -2.83. The average Bonchev–Trinajstić information content (AvgIpc) is 2.51. The monoisotopic (exact) mass is 119 g/mol. The summed E-state index contributed by atoms with van der Waals surface area (Å²) >= 11 is 0. The van der Waals surface area contributed by atoms with Crippen molar-refractivity contribution in [2.75, 3.05) is 0 Å². The summed E-state index contributed by atoms with van der Waals surface area (Å²) in [4.78, 5) is 0. The molecule has 0 aromatic heterocycles. The summed E-state index contributed by atoms with van der Waals surface area (Å²) in [6.07, 6.45) is 1.61. The first kappa shape index (κ1) is 3.38. The number of rotatable bonds is 0. The van der Waals surface area contributed by atoms with Crippen LogP contribution in [0.25, 0.3) is 0 Å². The molecule has 8 aliphatic rings. The molecule has 8 rings (SSSR count). The van der Waals surface area contributed by atoms with E-state index in [1.165, 1.54) is 29.6 Å². The van der Waals surface area contributed by atoms with Gasteiger partial charge in [0, 0.05) is 11.6 Å². The minimum atomic E-state index is 0.819. The molecule has 5 bridgehead atoms. The Hall–Kier alpha value is -0.0400. The quantitative estimate of drug-likeness (QED) is 0.481. The van der Waals surface area contributed by atoms with Crippen LogP contribution in [0.1, 0.15) is 6.42 Å². The predicted octanol–water partition coefficient (Wildman–Crippen LogP) is 0.222. The van der Waals surface area contributed by atoms with Crippen molar-refractivity contribution in [1.82, 2.24) is 5.32 Å². The highest BCUT2D eigenvalue weighted by atomic mass is 15.3. The molecule has 1 heteroatoms. The van der Waals surface area contributed by atoms with Crippen molar-refractivity contribution in [3.63, 3.8) is 0 Å². The van der Waals surface area contributed by atoms with Crippen LogP contribution < -0.4 is 5.32 Å². The van der Waals surface area contributed by atoms with Crippen LogP contribution in [0.2, 0.25) is 0 Å². The molecule has 1 spiro atoms. The molecule has 4 saturated carbocycles. The fourth-order valence-electron chi connectivity index (χ4n) is 5.23. The Morgan fingerprint density at radius 2 is 2.00 bits per heavy atom. The van der Waals surface area contributed by atoms with Gasteiger partial charge in [0.1, 0.15) is 0 Å². The highest BCUT2D eigenvalue weighted by Gasteiger charge is 2.97. The van der Waals surface area contributed by atoms with E-state index >= 15 is 0 Å². The number of nitrogens with one attached hydrogen (secondary N) is 1. The zero-order valence-corrected chi connectivity index (χ0v) is 5.17. The van der Waals surface area contributed by atoms with Crippen LogP contribution in [0.3, 0.4) is 0 Å². The van der Waals surface area contributed by atoms with E-state index in [2.05, 4.69) is 5.32 Å². The molecular formula is C8H9N. The lowest BCUT2D eigenvalue weighted by atomic mass is 9.19. The molecule has 9 heavy (non-hydrogen) atoms. The molecular weight excluding hydrogens is 110 g/mol. The van der Waals surface area contributed by atoms with Crippen molar-refractivity contribution in [3.8, 4) is 0 Å². The van der Waals surface area contributed by atoms with E-state index in [1.54, 1.807) is 6.42 Å². The molecule has 1 N–H and O–H groups in total. The molecule has 0 aromatic carbocycles. The highest BCUT2D eigenvalue weighted by Crippen LogP contribution is 2.91. The van der Waals surface area contributed by atoms with Gasteiger partial charge >= 0.3 is 0 Å². The Kier molecular flexibility index (Phi) is 0.215. The second-order valence-corrected chi connectivity index (χ2v) is 4.73. The van der Waals surface area contributed by atoms with Crippen LogP contribution in [-0.2, 0) is 0 Å². The Bertz CT molecular complexity index is 201. The van der Waals surface area contributed by atoms with Crippen molar-refractivity contribution >= 4 is 0 Å². The van der Waals surface area contributed by atoms with E-state index in [0.717, 1.165) is 11.6 Å². The molecule has 0 amide bonds. The van der Waals surface area contributed by atoms with Gasteiger partial charge in [-0.05, 0) is 36.0 Å². The van der Waals surface area contributed by atoms with Gasteiger partial charge in [0.2, 0.25) is 0 Å². The molecule has 0 radical (unpaired) electrons. The van der Waals surface area contributed by atoms with Crippen LogP contribution in [0.5, 0.6) is 0 Å². The Morgan fingerprint density at radius 3 is 2.22 bits per heavy atom. The Morgan fingerprint density at radius 1 is 1.22 bits per heavy atom. The molecule has 6 unspecified atom stereocenters. The van der Waals surface area contributed by atoms with E-state index in [0.29, 0.717) is 0 Å². The smallest absolute Gasteiger partial charge is 0.0282 e. The summed E-state index contributed by atoms with van der Waals surface area (Å²) in [6.45, 7) is 0. The lowest BCUT2D eigenvalue weighted by Crippen LogP contribution is -2.87. The van der Waals surface area contributed by atoms with Crippen molar-refractivity contribution in [2.45, 2.75) is 18.0 Å². The van der Waals surface area contributed by atoms with Crippen LogP contribution in [0, 0.1) is 29.6 Å². The van der Waals surface area contributed by atoms with Gasteiger partial charge < -0.3 is 5.32 Å². The third kappa shape index (κ3) is 0.109. The number of hydrogen-bond donors (Lipinski definition) is 1. The van der Waals surface area contributed by atoms with Gasteiger partial charge in [0.15, 0.2) is 0 Å². The van der Waals surface area contributed by atoms with E-state index in [1.807, 2.05) is 0 Å². The van der Waals surface area contributed by atoms with Gasteiger partial charge in [-0.25, -0.2) is 0 Å². The summed E-state index contributed by atoms with van der Waals surface area (Å²) in [5.74, 6) is 5.97.